The van der Waals surface area contributed by atoms with E-state index in [1.54, 1.807) is 48.5 Å². The van der Waals surface area contributed by atoms with E-state index < -0.39 is 34.3 Å². The van der Waals surface area contributed by atoms with Gasteiger partial charge < -0.3 is 40.2 Å². The summed E-state index contributed by atoms with van der Waals surface area (Å²) in [6, 6.07) is 19.7. The Bertz CT molecular complexity index is 1640. The minimum absolute atomic E-state index is 0. The molecule has 8 aliphatic rings. The molecule has 0 saturated heterocycles. The summed E-state index contributed by atoms with van der Waals surface area (Å²) in [7, 11) is 0. The molecular formula is C44H50CuN4O8. The molecule has 8 bridgehead atoms. The fourth-order valence-electron chi connectivity index (χ4n) is 11.3. The van der Waals surface area contributed by atoms with Gasteiger partial charge in [-0.05, 0) is 161 Å². The van der Waals surface area contributed by atoms with E-state index in [0.29, 0.717) is 35.5 Å². The van der Waals surface area contributed by atoms with E-state index in [-0.39, 0.29) is 39.8 Å². The van der Waals surface area contributed by atoms with Crippen molar-refractivity contribution in [1.82, 2.24) is 19.9 Å². The number of carbonyl (C=O) groups is 2. The first-order chi connectivity index (χ1) is 26.8. The molecule has 0 aliphatic heterocycles. The molecule has 305 valence electrons. The Kier molecular flexibility index (Phi) is 13.0. The minimum Gasteiger partial charge on any atom is -0.550 e. The Hall–Kier alpha value is -4.10. The van der Waals surface area contributed by atoms with Crippen molar-refractivity contribution >= 4 is 11.9 Å². The molecule has 0 amide bonds. The Morgan fingerprint density at radius 1 is 0.456 bits per heavy atom. The van der Waals surface area contributed by atoms with Crippen molar-refractivity contribution in [2.75, 3.05) is 0 Å². The summed E-state index contributed by atoms with van der Waals surface area (Å²) < 4.78 is 0. The fourth-order valence-corrected chi connectivity index (χ4v) is 11.3. The van der Waals surface area contributed by atoms with Gasteiger partial charge in [0, 0.05) is 47.6 Å². The van der Waals surface area contributed by atoms with Crippen molar-refractivity contribution in [2.24, 2.45) is 46.3 Å². The van der Waals surface area contributed by atoms with Crippen LogP contribution in [-0.2, 0) is 38.2 Å². The van der Waals surface area contributed by atoms with Crippen LogP contribution in [0.3, 0.4) is 0 Å². The van der Waals surface area contributed by atoms with Gasteiger partial charge in [0.05, 0.1) is 0 Å². The van der Waals surface area contributed by atoms with Crippen LogP contribution in [0.5, 0.6) is 0 Å². The van der Waals surface area contributed by atoms with E-state index in [1.165, 1.54) is 87.6 Å². The molecule has 12 nitrogen and oxygen atoms in total. The molecule has 57 heavy (non-hydrogen) atoms. The van der Waals surface area contributed by atoms with Gasteiger partial charge in [-0.3, -0.25) is 19.9 Å². The third kappa shape index (κ3) is 9.30. The monoisotopic (exact) mass is 825 g/mol. The predicted molar refractivity (Wildman–Crippen MR) is 199 cm³/mol. The second kappa shape index (κ2) is 17.4. The van der Waals surface area contributed by atoms with Gasteiger partial charge in [0.2, 0.25) is 0 Å². The largest absolute Gasteiger partial charge is 2.00 e. The summed E-state index contributed by atoms with van der Waals surface area (Å²) in [5.41, 5.74) is -0.163. The van der Waals surface area contributed by atoms with Crippen LogP contribution < -0.4 is 10.2 Å². The zero-order valence-corrected chi connectivity index (χ0v) is 32.6. The van der Waals surface area contributed by atoms with Crippen LogP contribution in [0.4, 0.5) is 0 Å². The number of carboxylic acids is 2. The molecule has 4 aromatic heterocycles. The van der Waals surface area contributed by atoms with Crippen LogP contribution in [0.15, 0.2) is 97.6 Å². The summed E-state index contributed by atoms with van der Waals surface area (Å²) in [5.74, 6) is -1.52. The summed E-state index contributed by atoms with van der Waals surface area (Å²) >= 11 is 0. The van der Waals surface area contributed by atoms with Crippen molar-refractivity contribution in [1.29, 1.82) is 0 Å². The summed E-state index contributed by atoms with van der Waals surface area (Å²) in [5, 5.41) is 61.8. The standard InChI is InChI=1S/2C11H10N2O2.2C11H16O2.Cu/c2*14-11(15,9-5-1-3-7-12-9)10-6-2-4-8-13-10;2*12-10(13)11-4-7-1-8(5-11)3-9(2-7)6-11;/h2*1-8,14-15H;2*7-9H,1-6H2,(H,12,13);/q;;;;+2/p-2. The second-order valence-electron chi connectivity index (χ2n) is 17.2. The molecule has 4 aromatic rings. The number of aliphatic hydroxyl groups is 4. The topological polar surface area (TPSA) is 213 Å². The molecule has 8 aliphatic carbocycles. The maximum Gasteiger partial charge on any atom is 2.00 e. The second-order valence-corrected chi connectivity index (χ2v) is 17.2. The average Bonchev–Trinajstić information content (AvgIpc) is 3.19. The minimum atomic E-state index is -2.14. The molecule has 0 spiro atoms. The van der Waals surface area contributed by atoms with E-state index in [2.05, 4.69) is 19.9 Å². The van der Waals surface area contributed by atoms with Crippen molar-refractivity contribution in [3.8, 4) is 0 Å². The van der Waals surface area contributed by atoms with Gasteiger partial charge in [-0.2, -0.15) is 0 Å². The van der Waals surface area contributed by atoms with Crippen molar-refractivity contribution < 1.29 is 57.3 Å². The fraction of sp³-hybridized carbons (Fsp3) is 0.500. The van der Waals surface area contributed by atoms with Crippen LogP contribution >= 0.6 is 0 Å². The van der Waals surface area contributed by atoms with Crippen molar-refractivity contribution in [2.45, 2.75) is 88.6 Å². The number of carbonyl (C=O) groups excluding carboxylic acids is 2. The van der Waals surface area contributed by atoms with Gasteiger partial charge in [-0.25, -0.2) is 0 Å². The SMILES string of the molecule is O=C([O-])C12CC3CC(CC(C3)C1)C2.O=C([O-])C12CC3CC(CC(C3)C1)C2.OC(O)(c1ccccn1)c1ccccn1.OC(O)(c1ccccn1)c1ccccn1.[Cu+2]. The molecule has 4 N–H and O–H groups in total. The maximum atomic E-state index is 11.1. The summed E-state index contributed by atoms with van der Waals surface area (Å²) in [4.78, 5) is 37.8. The van der Waals surface area contributed by atoms with Crippen LogP contribution in [-0.4, -0.2) is 52.3 Å². The Morgan fingerprint density at radius 3 is 0.825 bits per heavy atom. The van der Waals surface area contributed by atoms with Crippen molar-refractivity contribution in [3.05, 3.63) is 120 Å². The molecule has 8 fully saturated rings. The number of aromatic nitrogens is 4. The number of hydrogen-bond acceptors (Lipinski definition) is 12. The molecular weight excluding hydrogens is 776 g/mol. The Morgan fingerprint density at radius 2 is 0.667 bits per heavy atom. The quantitative estimate of drug-likeness (QED) is 0.163. The smallest absolute Gasteiger partial charge is 0.550 e. The van der Waals surface area contributed by atoms with Gasteiger partial charge >= 0.3 is 17.1 Å². The first-order valence-corrected chi connectivity index (χ1v) is 19.8. The van der Waals surface area contributed by atoms with E-state index >= 15 is 0 Å². The Labute approximate surface area is 343 Å². The zero-order chi connectivity index (χ0) is 39.6. The van der Waals surface area contributed by atoms with Crippen LogP contribution in [0.25, 0.3) is 0 Å². The molecule has 4 heterocycles. The maximum absolute atomic E-state index is 11.1. The van der Waals surface area contributed by atoms with E-state index in [0.717, 1.165) is 38.5 Å². The van der Waals surface area contributed by atoms with E-state index in [9.17, 15) is 40.2 Å². The number of nitrogens with zero attached hydrogens (tertiary/aromatic N) is 4. The summed E-state index contributed by atoms with van der Waals surface area (Å²) in [6.07, 6.45) is 19.3. The first-order valence-electron chi connectivity index (χ1n) is 19.8. The number of aliphatic carboxylic acids is 2. The molecule has 0 unspecified atom stereocenters. The van der Waals surface area contributed by atoms with Gasteiger partial charge in [0.25, 0.3) is 11.6 Å². The number of hydrogen-bond donors (Lipinski definition) is 4. The molecule has 0 aromatic carbocycles. The third-order valence-electron chi connectivity index (χ3n) is 13.0. The first kappa shape index (κ1) is 42.5. The number of rotatable bonds is 6. The molecule has 0 atom stereocenters. The van der Waals surface area contributed by atoms with Crippen LogP contribution in [0.1, 0.15) is 99.8 Å². The van der Waals surface area contributed by atoms with Gasteiger partial charge in [0.15, 0.2) is 0 Å². The normalized spacial score (nSPS) is 29.9. The van der Waals surface area contributed by atoms with Gasteiger partial charge in [-0.1, -0.05) is 24.3 Å². The number of pyridine rings is 4. The van der Waals surface area contributed by atoms with Crippen LogP contribution in [0, 0.1) is 46.3 Å². The molecule has 1 radical (unpaired) electrons. The molecule has 12 rings (SSSR count). The van der Waals surface area contributed by atoms with Gasteiger partial charge in [0.1, 0.15) is 22.8 Å². The Balaban J connectivity index is 0.000000128. The van der Waals surface area contributed by atoms with Crippen molar-refractivity contribution in [3.63, 3.8) is 0 Å². The molecule has 8 saturated carbocycles. The van der Waals surface area contributed by atoms with Gasteiger partial charge in [-0.15, -0.1) is 0 Å². The van der Waals surface area contributed by atoms with E-state index in [4.69, 9.17) is 0 Å². The predicted octanol–water partition coefficient (Wildman–Crippen LogP) is 3.23. The van der Waals surface area contributed by atoms with E-state index in [1.807, 2.05) is 0 Å². The summed E-state index contributed by atoms with van der Waals surface area (Å²) in [6.45, 7) is 0. The number of carboxylic acid groups (broad SMARTS) is 2. The third-order valence-corrected chi connectivity index (χ3v) is 13.0. The average molecular weight is 826 g/mol. The zero-order valence-electron chi connectivity index (χ0n) is 31.7. The van der Waals surface area contributed by atoms with Crippen LogP contribution in [0.2, 0.25) is 0 Å². The molecule has 13 heteroatoms.